The molecule has 0 aliphatic carbocycles. The largest absolute Gasteiger partial charge is 0.479 e. The fourth-order valence-corrected chi connectivity index (χ4v) is 1.29. The Morgan fingerprint density at radius 3 is 2.17 bits per heavy atom. The second-order valence-electron chi connectivity index (χ2n) is 2.58. The van der Waals surface area contributed by atoms with Gasteiger partial charge < -0.3 is 10.4 Å². The lowest BCUT2D eigenvalue weighted by Crippen LogP contribution is -2.55. The van der Waals surface area contributed by atoms with E-state index in [9.17, 15) is 9.59 Å². The summed E-state index contributed by atoms with van der Waals surface area (Å²) in [4.78, 5) is 21.4. The molecule has 0 saturated carbocycles. The summed E-state index contributed by atoms with van der Waals surface area (Å²) in [7, 11) is 0. The first-order valence-corrected chi connectivity index (χ1v) is 4.24. The molecule has 0 aliphatic heterocycles. The van der Waals surface area contributed by atoms with Gasteiger partial charge in [-0.15, -0.1) is 0 Å². The lowest BCUT2D eigenvalue weighted by atomic mass is 9.99. The smallest absolute Gasteiger partial charge is 0.330 e. The van der Waals surface area contributed by atoms with Crippen LogP contribution in [0.15, 0.2) is 0 Å². The molecule has 0 aromatic heterocycles. The summed E-state index contributed by atoms with van der Waals surface area (Å²) in [6, 6.07) is 0. The van der Waals surface area contributed by atoms with Crippen molar-refractivity contribution < 1.29 is 14.7 Å². The van der Waals surface area contributed by atoms with Crippen LogP contribution in [0.1, 0.15) is 20.3 Å². The highest BCUT2D eigenvalue weighted by atomic mass is 32.1. The molecule has 12 heavy (non-hydrogen) atoms. The maximum atomic E-state index is 10.8. The van der Waals surface area contributed by atoms with Crippen molar-refractivity contribution >= 4 is 24.5 Å². The van der Waals surface area contributed by atoms with Crippen LogP contribution in [0.5, 0.6) is 0 Å². The fraction of sp³-hybridized carbons (Fsp3) is 0.714. The van der Waals surface area contributed by atoms with Crippen LogP contribution >= 0.6 is 12.6 Å². The van der Waals surface area contributed by atoms with E-state index in [-0.39, 0.29) is 11.7 Å². The van der Waals surface area contributed by atoms with Gasteiger partial charge in [-0.3, -0.25) is 4.79 Å². The van der Waals surface area contributed by atoms with Crippen LogP contribution in [-0.2, 0) is 9.59 Å². The topological polar surface area (TPSA) is 66.4 Å². The van der Waals surface area contributed by atoms with Crippen molar-refractivity contribution in [1.82, 2.24) is 5.32 Å². The molecule has 4 nitrogen and oxygen atoms in total. The summed E-state index contributed by atoms with van der Waals surface area (Å²) >= 11 is 3.90. The van der Waals surface area contributed by atoms with Gasteiger partial charge in [-0.1, -0.05) is 6.92 Å². The van der Waals surface area contributed by atoms with E-state index in [4.69, 9.17) is 5.11 Å². The van der Waals surface area contributed by atoms with Gasteiger partial charge in [0, 0.05) is 12.7 Å². The monoisotopic (exact) mass is 191 g/mol. The minimum Gasteiger partial charge on any atom is -0.479 e. The number of nitrogens with one attached hydrogen (secondary N) is 1. The summed E-state index contributed by atoms with van der Waals surface area (Å²) in [5, 5.41) is 11.2. The number of hydrogen-bond donors (Lipinski definition) is 3. The SMILES string of the molecule is CCC(CS)(NC(C)=O)C(=O)O. The number of rotatable bonds is 4. The molecule has 0 aromatic carbocycles. The van der Waals surface area contributed by atoms with Crippen LogP contribution in [-0.4, -0.2) is 28.3 Å². The summed E-state index contributed by atoms with van der Waals surface area (Å²) in [6.07, 6.45) is 0.325. The van der Waals surface area contributed by atoms with Crippen molar-refractivity contribution in [2.24, 2.45) is 0 Å². The molecule has 70 valence electrons. The molecule has 0 heterocycles. The van der Waals surface area contributed by atoms with E-state index >= 15 is 0 Å². The molecule has 0 fully saturated rings. The Bertz CT molecular complexity index is 189. The van der Waals surface area contributed by atoms with E-state index in [0.717, 1.165) is 0 Å². The third-order valence-electron chi connectivity index (χ3n) is 1.70. The Morgan fingerprint density at radius 2 is 2.08 bits per heavy atom. The van der Waals surface area contributed by atoms with Gasteiger partial charge in [0.05, 0.1) is 0 Å². The minimum absolute atomic E-state index is 0.0956. The highest BCUT2D eigenvalue weighted by Crippen LogP contribution is 2.12. The Balaban J connectivity index is 4.58. The number of carbonyl (C=O) groups excluding carboxylic acids is 1. The predicted molar refractivity (Wildman–Crippen MR) is 48.3 cm³/mol. The molecule has 1 amide bonds. The first kappa shape index (κ1) is 11.3. The summed E-state index contributed by atoms with van der Waals surface area (Å²) in [5.74, 6) is -1.30. The van der Waals surface area contributed by atoms with Gasteiger partial charge in [0.15, 0.2) is 0 Å². The van der Waals surface area contributed by atoms with Crippen molar-refractivity contribution in [3.63, 3.8) is 0 Å². The standard InChI is InChI=1S/C7H13NO3S/c1-3-7(4-12,6(10)11)8-5(2)9/h12H,3-4H2,1-2H3,(H,8,9)(H,10,11). The fourth-order valence-electron chi connectivity index (χ4n) is 0.849. The number of thiol groups is 1. The summed E-state index contributed by atoms with van der Waals surface area (Å²) < 4.78 is 0. The van der Waals surface area contributed by atoms with Gasteiger partial charge in [0.25, 0.3) is 0 Å². The first-order valence-electron chi connectivity index (χ1n) is 3.61. The van der Waals surface area contributed by atoms with Crippen LogP contribution < -0.4 is 5.32 Å². The zero-order valence-corrected chi connectivity index (χ0v) is 8.02. The number of carboxylic acid groups (broad SMARTS) is 1. The van der Waals surface area contributed by atoms with Gasteiger partial charge in [-0.2, -0.15) is 12.6 Å². The maximum Gasteiger partial charge on any atom is 0.330 e. The van der Waals surface area contributed by atoms with Gasteiger partial charge in [0.1, 0.15) is 5.54 Å². The van der Waals surface area contributed by atoms with Crippen molar-refractivity contribution in [2.45, 2.75) is 25.8 Å². The van der Waals surface area contributed by atoms with E-state index in [2.05, 4.69) is 17.9 Å². The van der Waals surface area contributed by atoms with Crippen LogP contribution in [0.4, 0.5) is 0 Å². The average Bonchev–Trinajstić information content (AvgIpc) is 1.99. The molecule has 0 radical (unpaired) electrons. The molecular weight excluding hydrogens is 178 g/mol. The molecule has 0 bridgehead atoms. The maximum absolute atomic E-state index is 10.8. The van der Waals surface area contributed by atoms with Gasteiger partial charge in [-0.05, 0) is 6.42 Å². The minimum atomic E-state index is -1.21. The van der Waals surface area contributed by atoms with Crippen molar-refractivity contribution in [1.29, 1.82) is 0 Å². The second-order valence-corrected chi connectivity index (χ2v) is 2.90. The van der Waals surface area contributed by atoms with E-state index in [0.29, 0.717) is 6.42 Å². The van der Waals surface area contributed by atoms with Crippen LogP contribution in [0.3, 0.4) is 0 Å². The Kier molecular flexibility index (Phi) is 4.09. The molecule has 1 atom stereocenters. The van der Waals surface area contributed by atoms with E-state index in [1.165, 1.54) is 6.92 Å². The third-order valence-corrected chi connectivity index (χ3v) is 2.24. The Morgan fingerprint density at radius 1 is 1.58 bits per heavy atom. The quantitative estimate of drug-likeness (QED) is 0.559. The molecule has 0 saturated heterocycles. The summed E-state index contributed by atoms with van der Waals surface area (Å²) in [6.45, 7) is 2.98. The number of carbonyl (C=O) groups is 2. The lowest BCUT2D eigenvalue weighted by molar-refractivity contribution is -0.146. The van der Waals surface area contributed by atoms with Crippen molar-refractivity contribution in [3.05, 3.63) is 0 Å². The van der Waals surface area contributed by atoms with E-state index < -0.39 is 11.5 Å². The number of amides is 1. The number of carboxylic acids is 1. The van der Waals surface area contributed by atoms with Crippen LogP contribution in [0.2, 0.25) is 0 Å². The lowest BCUT2D eigenvalue weighted by Gasteiger charge is -2.26. The average molecular weight is 191 g/mol. The highest BCUT2D eigenvalue weighted by Gasteiger charge is 2.35. The third kappa shape index (κ3) is 2.41. The predicted octanol–water partition coefficient (Wildman–Crippen LogP) is 0.286. The molecule has 2 N–H and O–H groups in total. The zero-order valence-electron chi connectivity index (χ0n) is 7.13. The molecule has 0 aromatic rings. The second kappa shape index (κ2) is 4.35. The Hall–Kier alpha value is -0.710. The Labute approximate surface area is 76.8 Å². The van der Waals surface area contributed by atoms with E-state index in [1.807, 2.05) is 0 Å². The van der Waals surface area contributed by atoms with Crippen molar-refractivity contribution in [2.75, 3.05) is 5.75 Å². The number of hydrogen-bond acceptors (Lipinski definition) is 3. The van der Waals surface area contributed by atoms with Crippen LogP contribution in [0, 0.1) is 0 Å². The molecule has 1 unspecified atom stereocenters. The summed E-state index contributed by atoms with van der Waals surface area (Å²) in [5.41, 5.74) is -1.21. The van der Waals surface area contributed by atoms with Gasteiger partial charge >= 0.3 is 5.97 Å². The molecular formula is C7H13NO3S. The van der Waals surface area contributed by atoms with E-state index in [1.54, 1.807) is 6.92 Å². The molecule has 0 rings (SSSR count). The highest BCUT2D eigenvalue weighted by molar-refractivity contribution is 7.80. The molecule has 0 spiro atoms. The molecule has 0 aliphatic rings. The van der Waals surface area contributed by atoms with Crippen LogP contribution in [0.25, 0.3) is 0 Å². The first-order chi connectivity index (χ1) is 5.48. The van der Waals surface area contributed by atoms with Gasteiger partial charge in [0.2, 0.25) is 5.91 Å². The van der Waals surface area contributed by atoms with Gasteiger partial charge in [-0.25, -0.2) is 4.79 Å². The van der Waals surface area contributed by atoms with Crippen molar-refractivity contribution in [3.8, 4) is 0 Å². The zero-order chi connectivity index (χ0) is 9.78. The molecule has 5 heteroatoms. The normalized spacial score (nSPS) is 14.9. The number of aliphatic carboxylic acids is 1.